The van der Waals surface area contributed by atoms with E-state index in [-0.39, 0.29) is 12.5 Å². The first-order valence-electron chi connectivity index (χ1n) is 6.41. The van der Waals surface area contributed by atoms with Gasteiger partial charge in [0, 0.05) is 25.8 Å². The normalized spacial score (nSPS) is 10.8. The Labute approximate surface area is 156 Å². The van der Waals surface area contributed by atoms with Crippen molar-refractivity contribution in [2.75, 3.05) is 11.9 Å². The van der Waals surface area contributed by atoms with E-state index in [0.29, 0.717) is 20.6 Å². The van der Waals surface area contributed by atoms with Gasteiger partial charge in [-0.1, -0.05) is 40.9 Å². The van der Waals surface area contributed by atoms with Crippen molar-refractivity contribution in [3.05, 3.63) is 61.5 Å². The molecule has 0 radical (unpaired) electrons. The smallest absolute Gasteiger partial charge is 0.259 e. The lowest BCUT2D eigenvalue weighted by atomic mass is 10.2. The van der Waals surface area contributed by atoms with E-state index in [1.807, 2.05) is 0 Å². The molecule has 0 unspecified atom stereocenters. The minimum Gasteiger partial charge on any atom is -0.375 e. The quantitative estimate of drug-likeness (QED) is 0.515. The van der Waals surface area contributed by atoms with Crippen LogP contribution in [-0.2, 0) is 4.79 Å². The summed E-state index contributed by atoms with van der Waals surface area (Å²) in [6, 6.07) is 10.2. The SMILES string of the molecule is O=C(CNc1ccc(Cl)cc1Br)N/N=C\c1ccc(Cl)cc1Cl. The molecule has 2 aromatic rings. The predicted molar refractivity (Wildman–Crippen MR) is 99.8 cm³/mol. The predicted octanol–water partition coefficient (Wildman–Crippen LogP) is 4.97. The topological polar surface area (TPSA) is 53.5 Å². The average molecular weight is 436 g/mol. The number of carbonyl (C=O) groups is 1. The fourth-order valence-corrected chi connectivity index (χ4v) is 2.91. The van der Waals surface area contributed by atoms with Crippen LogP contribution in [0.3, 0.4) is 0 Å². The molecule has 23 heavy (non-hydrogen) atoms. The number of benzene rings is 2. The Morgan fingerprint density at radius 2 is 1.83 bits per heavy atom. The van der Waals surface area contributed by atoms with Crippen molar-refractivity contribution in [3.8, 4) is 0 Å². The number of nitrogens with one attached hydrogen (secondary N) is 2. The molecule has 0 aliphatic heterocycles. The van der Waals surface area contributed by atoms with Gasteiger partial charge in [-0.3, -0.25) is 4.79 Å². The Balaban J connectivity index is 1.86. The van der Waals surface area contributed by atoms with Crippen LogP contribution in [-0.4, -0.2) is 18.7 Å². The van der Waals surface area contributed by atoms with Crippen molar-refractivity contribution in [1.29, 1.82) is 0 Å². The lowest BCUT2D eigenvalue weighted by Crippen LogP contribution is -2.26. The number of rotatable bonds is 5. The maximum atomic E-state index is 11.7. The van der Waals surface area contributed by atoms with E-state index < -0.39 is 0 Å². The highest BCUT2D eigenvalue weighted by Crippen LogP contribution is 2.25. The van der Waals surface area contributed by atoms with Gasteiger partial charge in [0.05, 0.1) is 17.8 Å². The van der Waals surface area contributed by atoms with E-state index in [1.165, 1.54) is 6.21 Å². The van der Waals surface area contributed by atoms with Crippen LogP contribution in [0.5, 0.6) is 0 Å². The highest BCUT2D eigenvalue weighted by molar-refractivity contribution is 9.10. The van der Waals surface area contributed by atoms with Crippen LogP contribution >= 0.6 is 50.7 Å². The summed E-state index contributed by atoms with van der Waals surface area (Å²) in [5.41, 5.74) is 3.82. The van der Waals surface area contributed by atoms with Crippen molar-refractivity contribution in [2.45, 2.75) is 0 Å². The first-order valence-corrected chi connectivity index (χ1v) is 8.34. The van der Waals surface area contributed by atoms with Crippen molar-refractivity contribution in [1.82, 2.24) is 5.43 Å². The first kappa shape index (κ1) is 18.1. The average Bonchev–Trinajstić information content (AvgIpc) is 2.48. The third kappa shape index (κ3) is 5.70. The molecule has 0 bridgehead atoms. The number of nitrogens with zero attached hydrogens (tertiary/aromatic N) is 1. The maximum absolute atomic E-state index is 11.7. The third-order valence-corrected chi connectivity index (χ3v) is 4.18. The molecule has 8 heteroatoms. The molecule has 0 atom stereocenters. The summed E-state index contributed by atoms with van der Waals surface area (Å²) < 4.78 is 0.772. The lowest BCUT2D eigenvalue weighted by Gasteiger charge is -2.07. The first-order chi connectivity index (χ1) is 11.0. The molecular weight excluding hydrogens is 424 g/mol. The van der Waals surface area contributed by atoms with Gasteiger partial charge in [-0.25, -0.2) is 5.43 Å². The van der Waals surface area contributed by atoms with E-state index in [1.54, 1.807) is 36.4 Å². The van der Waals surface area contributed by atoms with Crippen LogP contribution in [0.25, 0.3) is 0 Å². The van der Waals surface area contributed by atoms with Gasteiger partial charge in [0.2, 0.25) is 0 Å². The molecule has 2 N–H and O–H groups in total. The van der Waals surface area contributed by atoms with Crippen LogP contribution in [0.4, 0.5) is 5.69 Å². The summed E-state index contributed by atoms with van der Waals surface area (Å²) in [6.07, 6.45) is 1.45. The van der Waals surface area contributed by atoms with Crippen LogP contribution in [0.1, 0.15) is 5.56 Å². The van der Waals surface area contributed by atoms with Crippen LogP contribution < -0.4 is 10.7 Å². The summed E-state index contributed by atoms with van der Waals surface area (Å²) >= 11 is 21.0. The van der Waals surface area contributed by atoms with Crippen molar-refractivity contribution in [3.63, 3.8) is 0 Å². The van der Waals surface area contributed by atoms with Crippen LogP contribution in [0.2, 0.25) is 15.1 Å². The molecule has 0 aliphatic rings. The monoisotopic (exact) mass is 433 g/mol. The van der Waals surface area contributed by atoms with Gasteiger partial charge in [0.15, 0.2) is 0 Å². The van der Waals surface area contributed by atoms with Crippen LogP contribution in [0, 0.1) is 0 Å². The number of hydrogen-bond donors (Lipinski definition) is 2. The van der Waals surface area contributed by atoms with E-state index in [0.717, 1.165) is 10.2 Å². The third-order valence-electron chi connectivity index (χ3n) is 2.73. The van der Waals surface area contributed by atoms with Gasteiger partial charge >= 0.3 is 0 Å². The number of hydrazone groups is 1. The highest BCUT2D eigenvalue weighted by atomic mass is 79.9. The molecule has 0 saturated carbocycles. The summed E-state index contributed by atoms with van der Waals surface area (Å²) in [5, 5.41) is 8.43. The second-order valence-electron chi connectivity index (χ2n) is 4.44. The molecule has 1 amide bonds. The summed E-state index contributed by atoms with van der Waals surface area (Å²) in [5.74, 6) is -0.298. The Morgan fingerprint density at radius 3 is 2.52 bits per heavy atom. The summed E-state index contributed by atoms with van der Waals surface area (Å²) in [7, 11) is 0. The second kappa shape index (κ2) is 8.55. The second-order valence-corrected chi connectivity index (χ2v) is 6.57. The molecule has 0 fully saturated rings. The van der Waals surface area contributed by atoms with Gasteiger partial charge in [-0.2, -0.15) is 5.10 Å². The zero-order valence-corrected chi connectivity index (χ0v) is 15.5. The van der Waals surface area contributed by atoms with Gasteiger partial charge in [-0.15, -0.1) is 0 Å². The highest BCUT2D eigenvalue weighted by Gasteiger charge is 2.04. The van der Waals surface area contributed by atoms with E-state index in [9.17, 15) is 4.79 Å². The molecule has 4 nitrogen and oxygen atoms in total. The zero-order chi connectivity index (χ0) is 16.8. The van der Waals surface area contributed by atoms with Crippen molar-refractivity contribution in [2.24, 2.45) is 5.10 Å². The van der Waals surface area contributed by atoms with Gasteiger partial charge < -0.3 is 5.32 Å². The fraction of sp³-hybridized carbons (Fsp3) is 0.0667. The van der Waals surface area contributed by atoms with Crippen molar-refractivity contribution >= 4 is 68.5 Å². The minimum absolute atomic E-state index is 0.0614. The van der Waals surface area contributed by atoms with Gasteiger partial charge in [0.1, 0.15) is 0 Å². The van der Waals surface area contributed by atoms with Crippen LogP contribution in [0.15, 0.2) is 46.0 Å². The number of anilines is 1. The molecule has 0 spiro atoms. The van der Waals surface area contributed by atoms with Crippen molar-refractivity contribution < 1.29 is 4.79 Å². The molecule has 0 heterocycles. The largest absolute Gasteiger partial charge is 0.375 e. The van der Waals surface area contributed by atoms with Gasteiger partial charge in [0.25, 0.3) is 5.91 Å². The standard InChI is InChI=1S/C15H11BrCl3N3O/c16-12-5-10(17)3-4-14(12)20-8-15(23)22-21-7-9-1-2-11(18)6-13(9)19/h1-7,20H,8H2,(H,22,23)/b21-7-. The maximum Gasteiger partial charge on any atom is 0.259 e. The number of amides is 1. The number of halogens is 4. The lowest BCUT2D eigenvalue weighted by molar-refractivity contribution is -0.119. The zero-order valence-electron chi connectivity index (χ0n) is 11.6. The fourth-order valence-electron chi connectivity index (χ4n) is 1.63. The summed E-state index contributed by atoms with van der Waals surface area (Å²) in [6.45, 7) is 0.0614. The molecule has 2 aromatic carbocycles. The Kier molecular flexibility index (Phi) is 6.72. The number of hydrogen-bond acceptors (Lipinski definition) is 3. The Hall–Kier alpha value is -1.27. The van der Waals surface area contributed by atoms with E-state index in [4.69, 9.17) is 34.8 Å². The minimum atomic E-state index is -0.298. The van der Waals surface area contributed by atoms with E-state index in [2.05, 4.69) is 31.8 Å². The molecule has 2 rings (SSSR count). The Bertz CT molecular complexity index is 753. The molecule has 0 aliphatic carbocycles. The Morgan fingerprint density at radius 1 is 1.13 bits per heavy atom. The molecule has 0 aromatic heterocycles. The summed E-state index contributed by atoms with van der Waals surface area (Å²) in [4.78, 5) is 11.7. The molecular formula is C15H11BrCl3N3O. The van der Waals surface area contributed by atoms with Gasteiger partial charge in [-0.05, 0) is 46.3 Å². The number of carbonyl (C=O) groups excluding carboxylic acids is 1. The molecule has 0 saturated heterocycles. The van der Waals surface area contributed by atoms with E-state index >= 15 is 0 Å². The molecule has 120 valence electrons.